The number of aldehydes is 1. The maximum Gasteiger partial charge on any atom is 0.154 e. The van der Waals surface area contributed by atoms with Crippen molar-refractivity contribution in [2.24, 2.45) is 0 Å². The van der Waals surface area contributed by atoms with Crippen molar-refractivity contribution < 1.29 is 9.90 Å². The predicted molar refractivity (Wildman–Crippen MR) is 46.2 cm³/mol. The third kappa shape index (κ3) is 1.73. The molecule has 0 unspecified atom stereocenters. The van der Waals surface area contributed by atoms with Gasteiger partial charge in [0.05, 0.1) is 5.56 Å². The van der Waals surface area contributed by atoms with Gasteiger partial charge < -0.3 is 5.11 Å². The van der Waals surface area contributed by atoms with E-state index in [9.17, 15) is 4.79 Å². The Labute approximate surface area is 76.9 Å². The van der Waals surface area contributed by atoms with Crippen molar-refractivity contribution in [3.8, 4) is 5.75 Å². The molecular formula is C7H4BrClO2. The lowest BCUT2D eigenvalue weighted by atomic mass is 10.2. The lowest BCUT2D eigenvalue weighted by Crippen LogP contribution is -1.83. The van der Waals surface area contributed by atoms with Crippen molar-refractivity contribution in [1.82, 2.24) is 0 Å². The molecule has 0 heterocycles. The second kappa shape index (κ2) is 3.24. The first-order valence-corrected chi connectivity index (χ1v) is 3.95. The molecule has 0 fully saturated rings. The van der Waals surface area contributed by atoms with Crippen LogP contribution in [0, 0.1) is 0 Å². The number of rotatable bonds is 1. The highest BCUT2D eigenvalue weighted by molar-refractivity contribution is 9.10. The van der Waals surface area contributed by atoms with Crippen LogP contribution in [0.3, 0.4) is 0 Å². The smallest absolute Gasteiger partial charge is 0.154 e. The molecule has 0 aliphatic rings. The van der Waals surface area contributed by atoms with Gasteiger partial charge in [-0.05, 0) is 28.1 Å². The summed E-state index contributed by atoms with van der Waals surface area (Å²) in [7, 11) is 0. The van der Waals surface area contributed by atoms with Gasteiger partial charge in [-0.1, -0.05) is 11.6 Å². The zero-order valence-corrected chi connectivity index (χ0v) is 7.69. The first kappa shape index (κ1) is 8.56. The minimum absolute atomic E-state index is 0.112. The molecule has 11 heavy (non-hydrogen) atoms. The summed E-state index contributed by atoms with van der Waals surface area (Å²) < 4.78 is 0.498. The molecule has 0 aliphatic heterocycles. The van der Waals surface area contributed by atoms with E-state index in [1.165, 1.54) is 6.07 Å². The van der Waals surface area contributed by atoms with E-state index in [1.807, 2.05) is 0 Å². The Balaban J connectivity index is 3.36. The lowest BCUT2D eigenvalue weighted by Gasteiger charge is -1.99. The SMILES string of the molecule is O=Cc1c(O)cc(Cl)cc1Br. The minimum atomic E-state index is -0.112. The molecular weight excluding hydrogens is 231 g/mol. The van der Waals surface area contributed by atoms with E-state index in [0.29, 0.717) is 15.8 Å². The summed E-state index contributed by atoms with van der Waals surface area (Å²) in [6.07, 6.45) is 0.565. The second-order valence-corrected chi connectivity index (χ2v) is 3.23. The van der Waals surface area contributed by atoms with Gasteiger partial charge in [0.2, 0.25) is 0 Å². The lowest BCUT2D eigenvalue weighted by molar-refractivity contribution is 0.112. The summed E-state index contributed by atoms with van der Waals surface area (Å²) in [5.74, 6) is -0.112. The number of hydrogen-bond donors (Lipinski definition) is 1. The van der Waals surface area contributed by atoms with Crippen LogP contribution >= 0.6 is 27.5 Å². The molecule has 1 N–H and O–H groups in total. The molecule has 58 valence electrons. The van der Waals surface area contributed by atoms with Crippen LogP contribution in [0.5, 0.6) is 5.75 Å². The van der Waals surface area contributed by atoms with Gasteiger partial charge in [0, 0.05) is 9.50 Å². The molecule has 0 saturated carbocycles. The molecule has 1 rings (SSSR count). The number of phenols is 1. The third-order valence-electron chi connectivity index (χ3n) is 1.19. The number of carbonyl (C=O) groups excluding carboxylic acids is 1. The van der Waals surface area contributed by atoms with Crippen LogP contribution in [-0.4, -0.2) is 11.4 Å². The molecule has 0 amide bonds. The summed E-state index contributed by atoms with van der Waals surface area (Å²) >= 11 is 8.66. The minimum Gasteiger partial charge on any atom is -0.507 e. The fourth-order valence-electron chi connectivity index (χ4n) is 0.688. The highest BCUT2D eigenvalue weighted by Gasteiger charge is 2.05. The van der Waals surface area contributed by atoms with Crippen molar-refractivity contribution in [3.05, 3.63) is 27.2 Å². The van der Waals surface area contributed by atoms with E-state index in [-0.39, 0.29) is 11.3 Å². The first-order valence-electron chi connectivity index (χ1n) is 2.78. The van der Waals surface area contributed by atoms with E-state index >= 15 is 0 Å². The van der Waals surface area contributed by atoms with Crippen LogP contribution in [0.15, 0.2) is 16.6 Å². The molecule has 0 spiro atoms. The normalized spacial score (nSPS) is 9.64. The van der Waals surface area contributed by atoms with Gasteiger partial charge in [-0.3, -0.25) is 4.79 Å². The number of phenolic OH excluding ortho intramolecular Hbond substituents is 1. The maximum absolute atomic E-state index is 10.3. The van der Waals surface area contributed by atoms with Gasteiger partial charge in [0.15, 0.2) is 6.29 Å². The molecule has 1 aromatic carbocycles. The maximum atomic E-state index is 10.3. The molecule has 2 nitrogen and oxygen atoms in total. The van der Waals surface area contributed by atoms with E-state index in [4.69, 9.17) is 16.7 Å². The Bertz CT molecular complexity index is 275. The Kier molecular flexibility index (Phi) is 2.52. The van der Waals surface area contributed by atoms with Crippen molar-refractivity contribution >= 4 is 33.8 Å². The van der Waals surface area contributed by atoms with Crippen LogP contribution in [0.4, 0.5) is 0 Å². The van der Waals surface area contributed by atoms with E-state index in [1.54, 1.807) is 6.07 Å². The number of benzene rings is 1. The quantitative estimate of drug-likeness (QED) is 0.760. The first-order chi connectivity index (χ1) is 5.15. The van der Waals surface area contributed by atoms with Crippen LogP contribution < -0.4 is 0 Å². The molecule has 0 radical (unpaired) electrons. The summed E-state index contributed by atoms with van der Waals surface area (Å²) in [5, 5.41) is 9.52. The van der Waals surface area contributed by atoms with Gasteiger partial charge in [0.25, 0.3) is 0 Å². The molecule has 0 aromatic heterocycles. The number of hydrogen-bond acceptors (Lipinski definition) is 2. The number of aromatic hydroxyl groups is 1. The van der Waals surface area contributed by atoms with Gasteiger partial charge in [-0.15, -0.1) is 0 Å². The van der Waals surface area contributed by atoms with Crippen molar-refractivity contribution in [3.63, 3.8) is 0 Å². The fourth-order valence-corrected chi connectivity index (χ4v) is 1.58. The summed E-state index contributed by atoms with van der Waals surface area (Å²) in [4.78, 5) is 10.3. The summed E-state index contributed by atoms with van der Waals surface area (Å²) in [5.41, 5.74) is 0.217. The van der Waals surface area contributed by atoms with Crippen LogP contribution in [0.1, 0.15) is 10.4 Å². The highest BCUT2D eigenvalue weighted by atomic mass is 79.9. The van der Waals surface area contributed by atoms with E-state index < -0.39 is 0 Å². The Morgan fingerprint density at radius 1 is 1.55 bits per heavy atom. The molecule has 4 heteroatoms. The van der Waals surface area contributed by atoms with Crippen molar-refractivity contribution in [2.45, 2.75) is 0 Å². The predicted octanol–water partition coefficient (Wildman–Crippen LogP) is 2.62. The standard InChI is InChI=1S/C7H4BrClO2/c8-6-1-4(9)2-7(11)5(6)3-10/h1-3,11H. The monoisotopic (exact) mass is 234 g/mol. The van der Waals surface area contributed by atoms with Crippen LogP contribution in [0.25, 0.3) is 0 Å². The zero-order valence-electron chi connectivity index (χ0n) is 5.34. The highest BCUT2D eigenvalue weighted by Crippen LogP contribution is 2.28. The number of halogens is 2. The van der Waals surface area contributed by atoms with Gasteiger partial charge in [-0.25, -0.2) is 0 Å². The molecule has 0 saturated heterocycles. The Morgan fingerprint density at radius 3 is 2.64 bits per heavy atom. The Hall–Kier alpha value is -0.540. The average molecular weight is 235 g/mol. The van der Waals surface area contributed by atoms with Crippen LogP contribution in [0.2, 0.25) is 5.02 Å². The van der Waals surface area contributed by atoms with Crippen molar-refractivity contribution in [1.29, 1.82) is 0 Å². The molecule has 0 bridgehead atoms. The van der Waals surface area contributed by atoms with Gasteiger partial charge >= 0.3 is 0 Å². The molecule has 1 aromatic rings. The number of carbonyl (C=O) groups is 1. The average Bonchev–Trinajstić information content (AvgIpc) is 1.85. The zero-order chi connectivity index (χ0) is 8.43. The molecule has 0 atom stereocenters. The Morgan fingerprint density at radius 2 is 2.18 bits per heavy atom. The van der Waals surface area contributed by atoms with Crippen LogP contribution in [-0.2, 0) is 0 Å². The molecule has 0 aliphatic carbocycles. The summed E-state index contributed by atoms with van der Waals surface area (Å²) in [6.45, 7) is 0. The third-order valence-corrected chi connectivity index (χ3v) is 2.06. The van der Waals surface area contributed by atoms with E-state index in [0.717, 1.165) is 0 Å². The van der Waals surface area contributed by atoms with E-state index in [2.05, 4.69) is 15.9 Å². The topological polar surface area (TPSA) is 37.3 Å². The van der Waals surface area contributed by atoms with Crippen molar-refractivity contribution in [2.75, 3.05) is 0 Å². The second-order valence-electron chi connectivity index (χ2n) is 1.94. The largest absolute Gasteiger partial charge is 0.507 e. The van der Waals surface area contributed by atoms with Gasteiger partial charge in [0.1, 0.15) is 5.75 Å². The summed E-state index contributed by atoms with van der Waals surface area (Å²) in [6, 6.07) is 2.86. The fraction of sp³-hybridized carbons (Fsp3) is 0. The van der Waals surface area contributed by atoms with Gasteiger partial charge in [-0.2, -0.15) is 0 Å².